The summed E-state index contributed by atoms with van der Waals surface area (Å²) in [5.74, 6) is 1.61. The third kappa shape index (κ3) is 2.85. The van der Waals surface area contributed by atoms with E-state index in [0.29, 0.717) is 0 Å². The van der Waals surface area contributed by atoms with Gasteiger partial charge in [-0.3, -0.25) is 4.21 Å². The number of anilines is 1. The third-order valence-corrected chi connectivity index (χ3v) is 4.41. The van der Waals surface area contributed by atoms with Crippen LogP contribution in [0.15, 0.2) is 41.3 Å². The molecule has 2 aromatic heterocycles. The largest absolute Gasteiger partial charge is 0.354 e. The van der Waals surface area contributed by atoms with Crippen molar-refractivity contribution in [1.82, 2.24) is 19.8 Å². The molecule has 0 N–H and O–H groups in total. The fourth-order valence-electron chi connectivity index (χ4n) is 2.23. The average molecular weight is 315 g/mol. The van der Waals surface area contributed by atoms with Crippen LogP contribution in [-0.4, -0.2) is 37.3 Å². The van der Waals surface area contributed by atoms with E-state index >= 15 is 0 Å². The summed E-state index contributed by atoms with van der Waals surface area (Å²) in [6.45, 7) is 2.59. The lowest BCUT2D eigenvalue weighted by Crippen LogP contribution is -2.18. The predicted molar refractivity (Wildman–Crippen MR) is 86.4 cm³/mol. The van der Waals surface area contributed by atoms with E-state index in [0.717, 1.165) is 34.3 Å². The summed E-state index contributed by atoms with van der Waals surface area (Å²) in [5.41, 5.74) is 1.88. The first-order chi connectivity index (χ1) is 10.5. The van der Waals surface area contributed by atoms with Gasteiger partial charge in [-0.25, -0.2) is 0 Å². The van der Waals surface area contributed by atoms with E-state index < -0.39 is 10.8 Å². The number of aromatic nitrogens is 4. The molecule has 0 aliphatic heterocycles. The van der Waals surface area contributed by atoms with Gasteiger partial charge >= 0.3 is 0 Å². The number of nitrogens with zero attached hydrogens (tertiary/aromatic N) is 5. The Labute approximate surface area is 131 Å². The zero-order valence-electron chi connectivity index (χ0n) is 12.7. The molecule has 7 heteroatoms. The van der Waals surface area contributed by atoms with E-state index in [2.05, 4.69) is 20.2 Å². The molecule has 22 heavy (non-hydrogen) atoms. The molecule has 6 nitrogen and oxygen atoms in total. The highest BCUT2D eigenvalue weighted by atomic mass is 32.2. The minimum Gasteiger partial charge on any atom is -0.354 e. The van der Waals surface area contributed by atoms with Gasteiger partial charge in [0.2, 0.25) is 0 Å². The van der Waals surface area contributed by atoms with Crippen molar-refractivity contribution < 1.29 is 4.21 Å². The van der Waals surface area contributed by atoms with E-state index in [1.54, 1.807) is 10.8 Å². The molecule has 0 amide bonds. The molecule has 0 aliphatic carbocycles. The zero-order chi connectivity index (χ0) is 15.7. The summed E-state index contributed by atoms with van der Waals surface area (Å²) in [4.78, 5) is 2.89. The van der Waals surface area contributed by atoms with Gasteiger partial charge in [0, 0.05) is 35.5 Å². The maximum absolute atomic E-state index is 11.4. The van der Waals surface area contributed by atoms with Crippen LogP contribution in [0.5, 0.6) is 0 Å². The Balaban J connectivity index is 1.81. The molecule has 0 bridgehead atoms. The molecular formula is C15H17N5OS. The van der Waals surface area contributed by atoms with Gasteiger partial charge in [0.05, 0.1) is 0 Å². The van der Waals surface area contributed by atoms with Crippen LogP contribution in [0.25, 0.3) is 5.65 Å². The van der Waals surface area contributed by atoms with E-state index in [4.69, 9.17) is 0 Å². The summed E-state index contributed by atoms with van der Waals surface area (Å²) in [5, 5.41) is 12.6. The first-order valence-electron chi connectivity index (χ1n) is 6.87. The number of hydrogen-bond acceptors (Lipinski definition) is 5. The quantitative estimate of drug-likeness (QED) is 0.735. The molecule has 3 aromatic rings. The molecule has 1 atom stereocenters. The molecule has 0 saturated heterocycles. The van der Waals surface area contributed by atoms with Crippen LogP contribution in [-0.2, 0) is 17.3 Å². The fourth-order valence-corrected chi connectivity index (χ4v) is 2.75. The maximum atomic E-state index is 11.4. The molecule has 0 fully saturated rings. The number of aryl methyl sites for hydroxylation is 1. The molecule has 0 unspecified atom stereocenters. The summed E-state index contributed by atoms with van der Waals surface area (Å²) in [7, 11) is 1.04. The maximum Gasteiger partial charge on any atom is 0.178 e. The van der Waals surface area contributed by atoms with Gasteiger partial charge in [-0.15, -0.1) is 15.3 Å². The molecule has 3 rings (SSSR count). The predicted octanol–water partition coefficient (Wildman–Crippen LogP) is 1.81. The summed E-state index contributed by atoms with van der Waals surface area (Å²) < 4.78 is 13.1. The Hall–Kier alpha value is -2.28. The molecule has 114 valence electrons. The van der Waals surface area contributed by atoms with Crippen LogP contribution < -0.4 is 4.90 Å². The molecule has 0 aliphatic rings. The standard InChI is InChI=1S/C15H17N5OS/c1-11-16-17-14-8-9-15(18-20(11)14)19(2)10-12-4-6-13(7-5-12)22(3)21/h4-9H,10H2,1-3H3/t22-/m0/s1. The fraction of sp³-hybridized carbons (Fsp3) is 0.267. The van der Waals surface area contributed by atoms with E-state index in [1.165, 1.54) is 0 Å². The molecule has 0 radical (unpaired) electrons. The van der Waals surface area contributed by atoms with Crippen molar-refractivity contribution in [2.45, 2.75) is 18.4 Å². The van der Waals surface area contributed by atoms with Gasteiger partial charge in [0.1, 0.15) is 5.82 Å². The van der Waals surface area contributed by atoms with Crippen LogP contribution >= 0.6 is 0 Å². The monoisotopic (exact) mass is 315 g/mol. The lowest BCUT2D eigenvalue weighted by Gasteiger charge is -2.18. The second-order valence-electron chi connectivity index (χ2n) is 5.16. The number of benzene rings is 1. The van der Waals surface area contributed by atoms with Crippen molar-refractivity contribution >= 4 is 22.3 Å². The van der Waals surface area contributed by atoms with Crippen molar-refractivity contribution in [2.75, 3.05) is 18.2 Å². The number of hydrogen-bond donors (Lipinski definition) is 0. The van der Waals surface area contributed by atoms with Crippen molar-refractivity contribution in [2.24, 2.45) is 0 Å². The van der Waals surface area contributed by atoms with Crippen molar-refractivity contribution in [3.63, 3.8) is 0 Å². The molecular weight excluding hydrogens is 298 g/mol. The van der Waals surface area contributed by atoms with Crippen LogP contribution in [0.1, 0.15) is 11.4 Å². The Morgan fingerprint density at radius 2 is 1.86 bits per heavy atom. The summed E-state index contributed by atoms with van der Waals surface area (Å²) in [6, 6.07) is 11.6. The third-order valence-electron chi connectivity index (χ3n) is 3.47. The van der Waals surface area contributed by atoms with Crippen molar-refractivity contribution in [3.05, 3.63) is 47.8 Å². The molecule has 0 spiro atoms. The summed E-state index contributed by atoms with van der Waals surface area (Å²) in [6.07, 6.45) is 1.68. The minimum absolute atomic E-state index is 0.719. The van der Waals surface area contributed by atoms with Gasteiger partial charge in [-0.05, 0) is 36.8 Å². The van der Waals surface area contributed by atoms with Crippen LogP contribution in [0, 0.1) is 6.92 Å². The van der Waals surface area contributed by atoms with Crippen LogP contribution in [0.4, 0.5) is 5.82 Å². The van der Waals surface area contributed by atoms with Crippen LogP contribution in [0.2, 0.25) is 0 Å². The summed E-state index contributed by atoms with van der Waals surface area (Å²) >= 11 is 0. The molecule has 1 aromatic carbocycles. The smallest absolute Gasteiger partial charge is 0.178 e. The lowest BCUT2D eigenvalue weighted by molar-refractivity contribution is 0.687. The SMILES string of the molecule is Cc1nnc2ccc(N(C)Cc3ccc([S@](C)=O)cc3)nn12. The first-order valence-corrected chi connectivity index (χ1v) is 8.43. The van der Waals surface area contributed by atoms with Gasteiger partial charge in [-0.1, -0.05) is 12.1 Å². The Morgan fingerprint density at radius 1 is 1.14 bits per heavy atom. The Bertz CT molecular complexity index is 828. The van der Waals surface area contributed by atoms with Gasteiger partial charge in [0.25, 0.3) is 0 Å². The second-order valence-corrected chi connectivity index (χ2v) is 6.54. The molecule has 2 heterocycles. The van der Waals surface area contributed by atoms with Crippen molar-refractivity contribution in [3.8, 4) is 0 Å². The number of fused-ring (bicyclic) bond motifs is 1. The number of rotatable bonds is 4. The highest BCUT2D eigenvalue weighted by molar-refractivity contribution is 7.84. The minimum atomic E-state index is -0.943. The van der Waals surface area contributed by atoms with Gasteiger partial charge < -0.3 is 4.90 Å². The Kier molecular flexibility index (Phi) is 3.89. The van der Waals surface area contributed by atoms with E-state index in [1.807, 2.05) is 50.4 Å². The van der Waals surface area contributed by atoms with E-state index in [-0.39, 0.29) is 0 Å². The van der Waals surface area contributed by atoms with Crippen molar-refractivity contribution in [1.29, 1.82) is 0 Å². The van der Waals surface area contributed by atoms with E-state index in [9.17, 15) is 4.21 Å². The first kappa shape index (κ1) is 14.6. The second kappa shape index (κ2) is 5.84. The topological polar surface area (TPSA) is 63.4 Å². The lowest BCUT2D eigenvalue weighted by atomic mass is 10.2. The highest BCUT2D eigenvalue weighted by Crippen LogP contribution is 2.15. The molecule has 0 saturated carbocycles. The van der Waals surface area contributed by atoms with Crippen LogP contribution in [0.3, 0.4) is 0 Å². The van der Waals surface area contributed by atoms with Gasteiger partial charge in [-0.2, -0.15) is 4.52 Å². The Morgan fingerprint density at radius 3 is 2.55 bits per heavy atom. The van der Waals surface area contributed by atoms with Gasteiger partial charge in [0.15, 0.2) is 11.5 Å². The normalized spacial score (nSPS) is 12.5. The highest BCUT2D eigenvalue weighted by Gasteiger charge is 2.08. The average Bonchev–Trinajstić information content (AvgIpc) is 2.88. The zero-order valence-corrected chi connectivity index (χ0v) is 13.5.